The fourth-order valence-corrected chi connectivity index (χ4v) is 2.67. The summed E-state index contributed by atoms with van der Waals surface area (Å²) in [6.07, 6.45) is 0. The van der Waals surface area contributed by atoms with Gasteiger partial charge in [-0.2, -0.15) is 0 Å². The van der Waals surface area contributed by atoms with Crippen molar-refractivity contribution in [1.29, 1.82) is 0 Å². The minimum absolute atomic E-state index is 0.227. The van der Waals surface area contributed by atoms with Crippen LogP contribution in [0.4, 0.5) is 5.69 Å². The zero-order chi connectivity index (χ0) is 18.0. The fourth-order valence-electron chi connectivity index (χ4n) is 2.67. The number of aromatic nitrogens is 2. The van der Waals surface area contributed by atoms with Crippen LogP contribution < -0.4 is 16.4 Å². The van der Waals surface area contributed by atoms with Crippen molar-refractivity contribution >= 4 is 22.6 Å². The molecule has 0 saturated carbocycles. The number of hydrogen-bond donors (Lipinski definition) is 2. The molecule has 25 heavy (non-hydrogen) atoms. The van der Waals surface area contributed by atoms with Crippen molar-refractivity contribution in [1.82, 2.24) is 9.55 Å². The van der Waals surface area contributed by atoms with Gasteiger partial charge in [-0.05, 0) is 35.7 Å². The molecule has 0 fully saturated rings. The third-order valence-corrected chi connectivity index (χ3v) is 4.05. The first-order valence-corrected chi connectivity index (χ1v) is 8.07. The zero-order valence-electron chi connectivity index (χ0n) is 14.1. The van der Waals surface area contributed by atoms with Gasteiger partial charge < -0.3 is 10.3 Å². The second-order valence-corrected chi connectivity index (χ2v) is 6.19. The van der Waals surface area contributed by atoms with Crippen LogP contribution in [0.5, 0.6) is 0 Å². The van der Waals surface area contributed by atoms with Gasteiger partial charge in [0.05, 0.1) is 11.0 Å². The Morgan fingerprint density at radius 2 is 1.76 bits per heavy atom. The Labute approximate surface area is 144 Å². The first-order valence-electron chi connectivity index (χ1n) is 8.07. The summed E-state index contributed by atoms with van der Waals surface area (Å²) in [5, 5.41) is 2.76. The molecule has 1 amide bonds. The van der Waals surface area contributed by atoms with Gasteiger partial charge >= 0.3 is 11.1 Å². The minimum Gasteiger partial charge on any atom is -0.325 e. The Kier molecular flexibility index (Phi) is 4.52. The number of carbonyl (C=O) groups excluding carboxylic acids is 1. The molecule has 0 spiro atoms. The van der Waals surface area contributed by atoms with E-state index in [0.29, 0.717) is 22.6 Å². The molecule has 1 aromatic heterocycles. The molecule has 0 aliphatic carbocycles. The number of benzene rings is 2. The molecule has 0 aliphatic heterocycles. The van der Waals surface area contributed by atoms with Crippen LogP contribution in [-0.4, -0.2) is 15.5 Å². The van der Waals surface area contributed by atoms with Gasteiger partial charge in [-0.15, -0.1) is 0 Å². The molecule has 0 radical (unpaired) electrons. The summed E-state index contributed by atoms with van der Waals surface area (Å²) < 4.78 is 1.19. The molecule has 6 heteroatoms. The molecular formula is C19H19N3O3. The van der Waals surface area contributed by atoms with Gasteiger partial charge in [0, 0.05) is 5.69 Å². The van der Waals surface area contributed by atoms with Crippen molar-refractivity contribution < 1.29 is 4.79 Å². The third kappa shape index (κ3) is 3.52. The highest BCUT2D eigenvalue weighted by atomic mass is 16.2. The summed E-state index contributed by atoms with van der Waals surface area (Å²) in [6, 6.07) is 14.4. The summed E-state index contributed by atoms with van der Waals surface area (Å²) in [7, 11) is 0. The average molecular weight is 337 g/mol. The van der Waals surface area contributed by atoms with Crippen molar-refractivity contribution in [3.8, 4) is 0 Å². The number of amides is 1. The van der Waals surface area contributed by atoms with E-state index in [-0.39, 0.29) is 12.5 Å². The Balaban J connectivity index is 1.86. The highest BCUT2D eigenvalue weighted by Gasteiger charge is 2.11. The van der Waals surface area contributed by atoms with Gasteiger partial charge in [-0.25, -0.2) is 0 Å². The Bertz CT molecular complexity index is 1030. The van der Waals surface area contributed by atoms with Crippen LogP contribution in [0.15, 0.2) is 58.1 Å². The molecule has 128 valence electrons. The Hall–Kier alpha value is -3.15. The monoisotopic (exact) mass is 337 g/mol. The van der Waals surface area contributed by atoms with Crippen LogP contribution in [0.3, 0.4) is 0 Å². The van der Waals surface area contributed by atoms with E-state index in [1.54, 1.807) is 24.3 Å². The number of H-pyrrole nitrogens is 1. The molecule has 3 aromatic rings. The van der Waals surface area contributed by atoms with Gasteiger partial charge in [0.25, 0.3) is 0 Å². The molecular weight excluding hydrogens is 318 g/mol. The maximum Gasteiger partial charge on any atom is 0.317 e. The van der Waals surface area contributed by atoms with Crippen LogP contribution in [0.1, 0.15) is 25.3 Å². The predicted octanol–water partition coefficient (Wildman–Crippen LogP) is 2.45. The van der Waals surface area contributed by atoms with Crippen LogP contribution in [0.2, 0.25) is 0 Å². The van der Waals surface area contributed by atoms with Crippen molar-refractivity contribution in [2.45, 2.75) is 26.3 Å². The van der Waals surface area contributed by atoms with Crippen LogP contribution in [0.25, 0.3) is 11.0 Å². The van der Waals surface area contributed by atoms with Gasteiger partial charge in [0.2, 0.25) is 5.91 Å². The third-order valence-electron chi connectivity index (χ3n) is 4.05. The number of rotatable bonds is 4. The lowest BCUT2D eigenvalue weighted by molar-refractivity contribution is -0.116. The lowest BCUT2D eigenvalue weighted by Crippen LogP contribution is -2.38. The van der Waals surface area contributed by atoms with E-state index >= 15 is 0 Å². The second-order valence-electron chi connectivity index (χ2n) is 6.19. The molecule has 0 aliphatic rings. The molecule has 6 nitrogen and oxygen atoms in total. The lowest BCUT2D eigenvalue weighted by atomic mass is 10.0. The Morgan fingerprint density at radius 3 is 2.44 bits per heavy atom. The topological polar surface area (TPSA) is 84.0 Å². The van der Waals surface area contributed by atoms with Crippen molar-refractivity contribution in [2.24, 2.45) is 0 Å². The van der Waals surface area contributed by atoms with Crippen molar-refractivity contribution in [3.05, 3.63) is 74.8 Å². The van der Waals surface area contributed by atoms with E-state index in [1.807, 2.05) is 24.3 Å². The van der Waals surface area contributed by atoms with E-state index in [2.05, 4.69) is 24.1 Å². The van der Waals surface area contributed by atoms with Gasteiger partial charge in [-0.3, -0.25) is 19.0 Å². The summed E-state index contributed by atoms with van der Waals surface area (Å²) in [5.41, 5.74) is 1.36. The molecule has 2 N–H and O–H groups in total. The number of para-hydroxylation sites is 2. The van der Waals surface area contributed by atoms with Crippen molar-refractivity contribution in [2.75, 3.05) is 5.32 Å². The predicted molar refractivity (Wildman–Crippen MR) is 98.0 cm³/mol. The molecule has 0 bridgehead atoms. The van der Waals surface area contributed by atoms with Gasteiger partial charge in [-0.1, -0.05) is 38.1 Å². The normalized spacial score (nSPS) is 11.0. The molecule has 1 heterocycles. The number of aromatic amines is 1. The first-order chi connectivity index (χ1) is 12.0. The SMILES string of the molecule is CC(C)c1ccc(NC(=O)Cn2c(=O)c(=O)[nH]c3ccccc32)cc1. The second kappa shape index (κ2) is 6.76. The van der Waals surface area contributed by atoms with Crippen LogP contribution in [-0.2, 0) is 11.3 Å². The van der Waals surface area contributed by atoms with E-state index in [0.717, 1.165) is 0 Å². The summed E-state index contributed by atoms with van der Waals surface area (Å²) in [5.74, 6) is 0.0425. The summed E-state index contributed by atoms with van der Waals surface area (Å²) in [6.45, 7) is 3.96. The van der Waals surface area contributed by atoms with Gasteiger partial charge in [0.15, 0.2) is 0 Å². The molecule has 0 atom stereocenters. The lowest BCUT2D eigenvalue weighted by Gasteiger charge is -2.11. The van der Waals surface area contributed by atoms with Gasteiger partial charge in [0.1, 0.15) is 6.54 Å². The molecule has 2 aromatic carbocycles. The standard InChI is InChI=1S/C19H19N3O3/c1-12(2)13-7-9-14(10-8-13)20-17(23)11-22-16-6-4-3-5-15(16)21-18(24)19(22)25/h3-10,12H,11H2,1-2H3,(H,20,23)(H,21,24). The first kappa shape index (κ1) is 16.7. The minimum atomic E-state index is -0.746. The maximum absolute atomic E-state index is 12.3. The number of anilines is 1. The van der Waals surface area contributed by atoms with Crippen LogP contribution in [0, 0.1) is 0 Å². The highest BCUT2D eigenvalue weighted by Crippen LogP contribution is 2.17. The smallest absolute Gasteiger partial charge is 0.317 e. The maximum atomic E-state index is 12.3. The molecule has 0 unspecified atom stereocenters. The number of carbonyl (C=O) groups is 1. The summed E-state index contributed by atoms with van der Waals surface area (Å²) in [4.78, 5) is 38.7. The van der Waals surface area contributed by atoms with E-state index < -0.39 is 11.1 Å². The largest absolute Gasteiger partial charge is 0.325 e. The fraction of sp³-hybridized carbons (Fsp3) is 0.211. The molecule has 0 saturated heterocycles. The Morgan fingerprint density at radius 1 is 1.08 bits per heavy atom. The quantitative estimate of drug-likeness (QED) is 0.717. The highest BCUT2D eigenvalue weighted by molar-refractivity contribution is 5.91. The van der Waals surface area contributed by atoms with Crippen LogP contribution >= 0.6 is 0 Å². The number of fused-ring (bicyclic) bond motifs is 1. The number of hydrogen-bond acceptors (Lipinski definition) is 3. The molecule has 3 rings (SSSR count). The average Bonchev–Trinajstić information content (AvgIpc) is 2.59. The zero-order valence-corrected chi connectivity index (χ0v) is 14.1. The summed E-state index contributed by atoms with van der Waals surface area (Å²) >= 11 is 0. The number of nitrogens with one attached hydrogen (secondary N) is 2. The van der Waals surface area contributed by atoms with E-state index in [4.69, 9.17) is 0 Å². The van der Waals surface area contributed by atoms with E-state index in [1.165, 1.54) is 10.1 Å². The van der Waals surface area contributed by atoms with Crippen molar-refractivity contribution in [3.63, 3.8) is 0 Å². The number of nitrogens with zero attached hydrogens (tertiary/aromatic N) is 1. The van der Waals surface area contributed by atoms with E-state index in [9.17, 15) is 14.4 Å².